The molecule has 35 heavy (non-hydrogen) atoms. The molecule has 0 atom stereocenters. The van der Waals surface area contributed by atoms with E-state index in [2.05, 4.69) is 20.7 Å². The van der Waals surface area contributed by atoms with Crippen molar-refractivity contribution in [3.05, 3.63) is 84.4 Å². The molecule has 4 rings (SSSR count). The summed E-state index contributed by atoms with van der Waals surface area (Å²) in [5.41, 5.74) is 4.29. The topological polar surface area (TPSA) is 90.6 Å². The van der Waals surface area contributed by atoms with Gasteiger partial charge in [0.15, 0.2) is 11.0 Å². The molecule has 3 aromatic carbocycles. The summed E-state index contributed by atoms with van der Waals surface area (Å²) in [7, 11) is 1.63. The molecule has 1 heterocycles. The Kier molecular flexibility index (Phi) is 8.13. The van der Waals surface area contributed by atoms with E-state index in [0.29, 0.717) is 17.5 Å². The molecule has 0 aliphatic heterocycles. The van der Waals surface area contributed by atoms with E-state index in [1.165, 1.54) is 11.8 Å². The Bertz CT molecular complexity index is 1290. The van der Waals surface area contributed by atoms with E-state index in [4.69, 9.17) is 9.47 Å². The first-order valence-corrected chi connectivity index (χ1v) is 12.0. The second-order valence-corrected chi connectivity index (χ2v) is 8.29. The Morgan fingerprint density at radius 2 is 1.77 bits per heavy atom. The Hall–Kier alpha value is -4.11. The summed E-state index contributed by atoms with van der Waals surface area (Å²) in [6, 6.07) is 24.6. The lowest BCUT2D eigenvalue weighted by Crippen LogP contribution is -2.20. The number of carbonyl (C=O) groups is 1. The monoisotopic (exact) mass is 487 g/mol. The molecule has 0 saturated carbocycles. The zero-order valence-electron chi connectivity index (χ0n) is 19.4. The molecule has 0 aliphatic rings. The van der Waals surface area contributed by atoms with E-state index in [9.17, 15) is 4.79 Å². The number of para-hydroxylation sites is 1. The van der Waals surface area contributed by atoms with E-state index in [-0.39, 0.29) is 11.7 Å². The van der Waals surface area contributed by atoms with Gasteiger partial charge in [-0.05, 0) is 61.0 Å². The number of benzene rings is 3. The zero-order valence-corrected chi connectivity index (χ0v) is 20.2. The van der Waals surface area contributed by atoms with Crippen LogP contribution in [0.4, 0.5) is 0 Å². The molecule has 8 nitrogen and oxygen atoms in total. The summed E-state index contributed by atoms with van der Waals surface area (Å²) in [5, 5.41) is 13.3. The van der Waals surface area contributed by atoms with Gasteiger partial charge in [-0.15, -0.1) is 10.2 Å². The minimum Gasteiger partial charge on any atom is -0.497 e. The average molecular weight is 488 g/mol. The average Bonchev–Trinajstić information content (AvgIpc) is 3.31. The molecule has 0 saturated heterocycles. The summed E-state index contributed by atoms with van der Waals surface area (Å²) in [6.07, 6.45) is 1.58. The predicted octanol–water partition coefficient (Wildman–Crippen LogP) is 5.01. The standard InChI is InChI=1S/C26H25N5O3S/c1-3-31-25(20-12-14-21(33-2)15-13-20)29-30-26(31)35-18-24(32)28-27-17-19-8-7-11-23(16-19)34-22-9-5-4-6-10-22/h4-17H,3,18H2,1-2H3,(H,28,32). The molecular weight excluding hydrogens is 462 g/mol. The van der Waals surface area contributed by atoms with Crippen LogP contribution >= 0.6 is 11.8 Å². The quantitative estimate of drug-likeness (QED) is 0.192. The van der Waals surface area contributed by atoms with Gasteiger partial charge in [0.1, 0.15) is 17.2 Å². The van der Waals surface area contributed by atoms with Crippen LogP contribution in [-0.4, -0.2) is 39.7 Å². The first kappa shape index (κ1) is 24.0. The summed E-state index contributed by atoms with van der Waals surface area (Å²) < 4.78 is 13.0. The molecule has 0 aliphatic carbocycles. The maximum Gasteiger partial charge on any atom is 0.250 e. The van der Waals surface area contributed by atoms with Crippen LogP contribution in [0.25, 0.3) is 11.4 Å². The van der Waals surface area contributed by atoms with Crippen molar-refractivity contribution in [1.29, 1.82) is 0 Å². The van der Waals surface area contributed by atoms with Gasteiger partial charge in [0.05, 0.1) is 19.1 Å². The van der Waals surface area contributed by atoms with Gasteiger partial charge in [0.2, 0.25) is 0 Å². The SMILES string of the molecule is CCn1c(SCC(=O)NN=Cc2cccc(Oc3ccccc3)c2)nnc1-c1ccc(OC)cc1. The lowest BCUT2D eigenvalue weighted by Gasteiger charge is -2.07. The van der Waals surface area contributed by atoms with Gasteiger partial charge in [-0.3, -0.25) is 4.79 Å². The number of aromatic nitrogens is 3. The maximum absolute atomic E-state index is 12.3. The van der Waals surface area contributed by atoms with E-state index < -0.39 is 0 Å². The van der Waals surface area contributed by atoms with Crippen LogP contribution in [0, 0.1) is 0 Å². The maximum atomic E-state index is 12.3. The number of nitrogens with zero attached hydrogens (tertiary/aromatic N) is 4. The third-order valence-electron chi connectivity index (χ3n) is 4.95. The van der Waals surface area contributed by atoms with Crippen LogP contribution in [-0.2, 0) is 11.3 Å². The van der Waals surface area contributed by atoms with Crippen molar-refractivity contribution in [3.63, 3.8) is 0 Å². The minimum absolute atomic E-state index is 0.162. The summed E-state index contributed by atoms with van der Waals surface area (Å²) >= 11 is 1.31. The van der Waals surface area contributed by atoms with Crippen LogP contribution in [0.15, 0.2) is 89.1 Å². The Labute approximate surface area is 208 Å². The third-order valence-corrected chi connectivity index (χ3v) is 5.92. The van der Waals surface area contributed by atoms with Gasteiger partial charge in [0.25, 0.3) is 5.91 Å². The molecular formula is C26H25N5O3S. The second-order valence-electron chi connectivity index (χ2n) is 7.35. The highest BCUT2D eigenvalue weighted by Gasteiger charge is 2.14. The van der Waals surface area contributed by atoms with Crippen molar-refractivity contribution >= 4 is 23.9 Å². The number of thioether (sulfide) groups is 1. The van der Waals surface area contributed by atoms with E-state index >= 15 is 0 Å². The number of hydrogen-bond donors (Lipinski definition) is 1. The Morgan fingerprint density at radius 1 is 1.00 bits per heavy atom. The molecule has 0 spiro atoms. The van der Waals surface area contributed by atoms with Crippen LogP contribution in [0.3, 0.4) is 0 Å². The third kappa shape index (κ3) is 6.48. The smallest absolute Gasteiger partial charge is 0.250 e. The van der Waals surface area contributed by atoms with Crippen molar-refractivity contribution in [2.75, 3.05) is 12.9 Å². The van der Waals surface area contributed by atoms with Crippen LogP contribution < -0.4 is 14.9 Å². The van der Waals surface area contributed by atoms with E-state index in [0.717, 1.165) is 28.5 Å². The van der Waals surface area contributed by atoms with Crippen molar-refractivity contribution < 1.29 is 14.3 Å². The number of carbonyl (C=O) groups excluding carboxylic acids is 1. The van der Waals surface area contributed by atoms with Crippen molar-refractivity contribution in [1.82, 2.24) is 20.2 Å². The Balaban J connectivity index is 1.32. The van der Waals surface area contributed by atoms with Crippen molar-refractivity contribution in [2.45, 2.75) is 18.6 Å². The zero-order chi connectivity index (χ0) is 24.5. The summed E-state index contributed by atoms with van der Waals surface area (Å²) in [6.45, 7) is 2.69. The highest BCUT2D eigenvalue weighted by molar-refractivity contribution is 7.99. The number of hydrazone groups is 1. The molecule has 0 fully saturated rings. The molecule has 0 unspecified atom stereocenters. The lowest BCUT2D eigenvalue weighted by atomic mass is 10.2. The van der Waals surface area contributed by atoms with E-state index in [1.807, 2.05) is 90.4 Å². The Morgan fingerprint density at radius 3 is 2.51 bits per heavy atom. The first-order valence-electron chi connectivity index (χ1n) is 11.0. The number of nitrogens with one attached hydrogen (secondary N) is 1. The normalized spacial score (nSPS) is 10.9. The van der Waals surface area contributed by atoms with Crippen molar-refractivity contribution in [3.8, 4) is 28.6 Å². The molecule has 0 bridgehead atoms. The van der Waals surface area contributed by atoms with Crippen molar-refractivity contribution in [2.24, 2.45) is 5.10 Å². The number of amides is 1. The van der Waals surface area contributed by atoms with E-state index in [1.54, 1.807) is 13.3 Å². The number of ether oxygens (including phenoxy) is 2. The molecule has 4 aromatic rings. The van der Waals surface area contributed by atoms with Gasteiger partial charge < -0.3 is 14.0 Å². The van der Waals surface area contributed by atoms with Crippen LogP contribution in [0.1, 0.15) is 12.5 Å². The molecule has 1 amide bonds. The fourth-order valence-electron chi connectivity index (χ4n) is 3.26. The highest BCUT2D eigenvalue weighted by Crippen LogP contribution is 2.25. The number of methoxy groups -OCH3 is 1. The lowest BCUT2D eigenvalue weighted by molar-refractivity contribution is -0.118. The largest absolute Gasteiger partial charge is 0.497 e. The minimum atomic E-state index is -0.236. The summed E-state index contributed by atoms with van der Waals surface area (Å²) in [5.74, 6) is 2.89. The molecule has 178 valence electrons. The fraction of sp³-hybridized carbons (Fsp3) is 0.154. The van der Waals surface area contributed by atoms with Gasteiger partial charge in [0, 0.05) is 12.1 Å². The predicted molar refractivity (Wildman–Crippen MR) is 137 cm³/mol. The van der Waals surface area contributed by atoms with Gasteiger partial charge in [-0.25, -0.2) is 5.43 Å². The summed E-state index contributed by atoms with van der Waals surface area (Å²) in [4.78, 5) is 12.3. The molecule has 9 heteroatoms. The van der Waals surface area contributed by atoms with Gasteiger partial charge in [-0.2, -0.15) is 5.10 Å². The number of hydrogen-bond acceptors (Lipinski definition) is 7. The molecule has 1 aromatic heterocycles. The first-order chi connectivity index (χ1) is 17.2. The number of rotatable bonds is 10. The van der Waals surface area contributed by atoms with Crippen LogP contribution in [0.5, 0.6) is 17.2 Å². The van der Waals surface area contributed by atoms with Gasteiger partial charge >= 0.3 is 0 Å². The second kappa shape index (κ2) is 11.8. The molecule has 0 radical (unpaired) electrons. The fourth-order valence-corrected chi connectivity index (χ4v) is 4.05. The van der Waals surface area contributed by atoms with Crippen LogP contribution in [0.2, 0.25) is 0 Å². The van der Waals surface area contributed by atoms with Gasteiger partial charge in [-0.1, -0.05) is 42.1 Å². The highest BCUT2D eigenvalue weighted by atomic mass is 32.2. The molecule has 1 N–H and O–H groups in total.